The molecule has 1 aromatic carbocycles. The van der Waals surface area contributed by atoms with Gasteiger partial charge in [-0.25, -0.2) is 0 Å². The Bertz CT molecular complexity index is 447. The molecule has 1 N–H and O–H groups in total. The first-order valence-corrected chi connectivity index (χ1v) is 6.15. The smallest absolute Gasteiger partial charge is 0.0312 e. The second-order valence-corrected chi connectivity index (χ2v) is 4.88. The molecule has 1 aliphatic heterocycles. The maximum absolute atomic E-state index is 3.49. The Morgan fingerprint density at radius 1 is 1.13 bits per heavy atom. The molecule has 0 fully saturated rings. The molecule has 2 heteroatoms. The lowest BCUT2D eigenvalue weighted by Crippen LogP contribution is -2.28. The molecule has 15 heavy (non-hydrogen) atoms. The lowest BCUT2D eigenvalue weighted by molar-refractivity contribution is 0.596. The van der Waals surface area contributed by atoms with Gasteiger partial charge in [0.1, 0.15) is 0 Å². The van der Waals surface area contributed by atoms with E-state index in [0.717, 1.165) is 13.1 Å². The van der Waals surface area contributed by atoms with Crippen LogP contribution in [0, 0.1) is 0 Å². The molecule has 1 aromatic heterocycles. The average molecular weight is 215 g/mol. The van der Waals surface area contributed by atoms with Gasteiger partial charge in [-0.1, -0.05) is 30.3 Å². The fraction of sp³-hybridized carbons (Fsp3) is 0.231. The monoisotopic (exact) mass is 215 g/mol. The first-order chi connectivity index (χ1) is 7.45. The summed E-state index contributed by atoms with van der Waals surface area (Å²) in [5, 5.41) is 5.65. The Kier molecular flexibility index (Phi) is 2.31. The molecule has 0 radical (unpaired) electrons. The first kappa shape index (κ1) is 9.13. The maximum Gasteiger partial charge on any atom is 0.0312 e. The van der Waals surface area contributed by atoms with E-state index in [2.05, 4.69) is 47.1 Å². The van der Waals surface area contributed by atoms with E-state index in [-0.39, 0.29) is 0 Å². The van der Waals surface area contributed by atoms with Gasteiger partial charge in [0.05, 0.1) is 0 Å². The summed E-state index contributed by atoms with van der Waals surface area (Å²) in [7, 11) is 0. The van der Waals surface area contributed by atoms with E-state index in [1.165, 1.54) is 16.0 Å². The van der Waals surface area contributed by atoms with E-state index in [1.54, 1.807) is 0 Å². The van der Waals surface area contributed by atoms with Crippen LogP contribution in [-0.4, -0.2) is 6.54 Å². The van der Waals surface area contributed by atoms with Crippen molar-refractivity contribution < 1.29 is 0 Å². The van der Waals surface area contributed by atoms with Crippen molar-refractivity contribution in [1.82, 2.24) is 5.32 Å². The van der Waals surface area contributed by atoms with Crippen molar-refractivity contribution in [2.75, 3.05) is 6.54 Å². The zero-order valence-electron chi connectivity index (χ0n) is 8.44. The van der Waals surface area contributed by atoms with Crippen LogP contribution >= 0.6 is 11.3 Å². The molecular weight excluding hydrogens is 202 g/mol. The van der Waals surface area contributed by atoms with Gasteiger partial charge in [-0.15, -0.1) is 11.3 Å². The van der Waals surface area contributed by atoms with Crippen molar-refractivity contribution in [3.63, 3.8) is 0 Å². The average Bonchev–Trinajstić information content (AvgIpc) is 2.82. The summed E-state index contributed by atoms with van der Waals surface area (Å²) >= 11 is 1.85. The number of rotatable bonds is 1. The van der Waals surface area contributed by atoms with Gasteiger partial charge in [0, 0.05) is 23.9 Å². The van der Waals surface area contributed by atoms with Crippen molar-refractivity contribution in [3.8, 4) is 0 Å². The minimum Gasteiger partial charge on any atom is -0.312 e. The first-order valence-electron chi connectivity index (χ1n) is 5.27. The van der Waals surface area contributed by atoms with E-state index < -0.39 is 0 Å². The Labute approximate surface area is 93.8 Å². The number of nitrogens with one attached hydrogen (secondary N) is 1. The second-order valence-electron chi connectivity index (χ2n) is 3.90. The van der Waals surface area contributed by atoms with Crippen LogP contribution in [0.4, 0.5) is 0 Å². The van der Waals surface area contributed by atoms with E-state index in [0.29, 0.717) is 5.92 Å². The topological polar surface area (TPSA) is 12.0 Å². The predicted molar refractivity (Wildman–Crippen MR) is 64.3 cm³/mol. The van der Waals surface area contributed by atoms with Crippen LogP contribution in [0.2, 0.25) is 0 Å². The van der Waals surface area contributed by atoms with Crippen LogP contribution in [0.15, 0.2) is 41.8 Å². The highest BCUT2D eigenvalue weighted by molar-refractivity contribution is 7.10. The molecule has 0 amide bonds. The molecule has 3 rings (SSSR count). The van der Waals surface area contributed by atoms with Crippen LogP contribution in [-0.2, 0) is 6.54 Å². The SMILES string of the molecule is c1csc(C2CNCc3ccccc32)c1. The molecule has 0 bridgehead atoms. The van der Waals surface area contributed by atoms with Gasteiger partial charge in [-0.3, -0.25) is 0 Å². The summed E-state index contributed by atoms with van der Waals surface area (Å²) in [6.07, 6.45) is 0. The zero-order valence-corrected chi connectivity index (χ0v) is 9.26. The lowest BCUT2D eigenvalue weighted by atomic mass is 9.90. The van der Waals surface area contributed by atoms with Crippen LogP contribution < -0.4 is 5.32 Å². The highest BCUT2D eigenvalue weighted by Crippen LogP contribution is 2.32. The quantitative estimate of drug-likeness (QED) is 0.771. The number of hydrogen-bond acceptors (Lipinski definition) is 2. The molecule has 76 valence electrons. The van der Waals surface area contributed by atoms with E-state index in [9.17, 15) is 0 Å². The molecular formula is C13H13NS. The van der Waals surface area contributed by atoms with Crippen molar-refractivity contribution in [2.24, 2.45) is 0 Å². The van der Waals surface area contributed by atoms with Crippen molar-refractivity contribution in [1.29, 1.82) is 0 Å². The fourth-order valence-corrected chi connectivity index (χ4v) is 3.09. The zero-order chi connectivity index (χ0) is 10.1. The van der Waals surface area contributed by atoms with Gasteiger partial charge < -0.3 is 5.32 Å². The third-order valence-electron chi connectivity index (χ3n) is 2.98. The molecule has 0 spiro atoms. The third-order valence-corrected chi connectivity index (χ3v) is 3.97. The summed E-state index contributed by atoms with van der Waals surface area (Å²) < 4.78 is 0. The predicted octanol–water partition coefficient (Wildman–Crippen LogP) is 2.98. The van der Waals surface area contributed by atoms with E-state index in [1.807, 2.05) is 11.3 Å². The van der Waals surface area contributed by atoms with Crippen LogP contribution in [0.25, 0.3) is 0 Å². The fourth-order valence-electron chi connectivity index (χ4n) is 2.24. The molecule has 1 aliphatic rings. The Hall–Kier alpha value is -1.12. The van der Waals surface area contributed by atoms with Crippen molar-refractivity contribution in [2.45, 2.75) is 12.5 Å². The molecule has 1 nitrogen and oxygen atoms in total. The molecule has 1 unspecified atom stereocenters. The lowest BCUT2D eigenvalue weighted by Gasteiger charge is -2.25. The minimum absolute atomic E-state index is 0.551. The Morgan fingerprint density at radius 2 is 2.07 bits per heavy atom. The number of benzene rings is 1. The van der Waals surface area contributed by atoms with Crippen molar-refractivity contribution in [3.05, 3.63) is 57.8 Å². The van der Waals surface area contributed by atoms with Crippen molar-refractivity contribution >= 4 is 11.3 Å². The Morgan fingerprint density at radius 3 is 2.93 bits per heavy atom. The van der Waals surface area contributed by atoms with Gasteiger partial charge in [0.25, 0.3) is 0 Å². The molecule has 0 saturated carbocycles. The normalized spacial score (nSPS) is 19.9. The van der Waals surface area contributed by atoms with Crippen LogP contribution in [0.5, 0.6) is 0 Å². The van der Waals surface area contributed by atoms with E-state index in [4.69, 9.17) is 0 Å². The Balaban J connectivity index is 2.06. The maximum atomic E-state index is 3.49. The highest BCUT2D eigenvalue weighted by atomic mass is 32.1. The van der Waals surface area contributed by atoms with Gasteiger partial charge in [0.2, 0.25) is 0 Å². The standard InChI is InChI=1S/C13H13NS/c1-2-5-11-10(4-1)8-14-9-12(11)13-6-3-7-15-13/h1-7,12,14H,8-9H2. The second kappa shape index (κ2) is 3.80. The van der Waals surface area contributed by atoms with Gasteiger partial charge in [0.15, 0.2) is 0 Å². The van der Waals surface area contributed by atoms with Gasteiger partial charge >= 0.3 is 0 Å². The minimum atomic E-state index is 0.551. The largest absolute Gasteiger partial charge is 0.312 e. The molecule has 0 aliphatic carbocycles. The molecule has 2 heterocycles. The van der Waals surface area contributed by atoms with Crippen LogP contribution in [0.1, 0.15) is 21.9 Å². The third kappa shape index (κ3) is 1.60. The summed E-state index contributed by atoms with van der Waals surface area (Å²) in [6, 6.07) is 13.1. The number of hydrogen-bond donors (Lipinski definition) is 1. The van der Waals surface area contributed by atoms with Gasteiger partial charge in [-0.2, -0.15) is 0 Å². The van der Waals surface area contributed by atoms with E-state index >= 15 is 0 Å². The summed E-state index contributed by atoms with van der Waals surface area (Å²) in [5.41, 5.74) is 2.95. The molecule has 0 saturated heterocycles. The van der Waals surface area contributed by atoms with Gasteiger partial charge in [-0.05, 0) is 22.6 Å². The summed E-state index contributed by atoms with van der Waals surface area (Å²) in [4.78, 5) is 1.47. The number of fused-ring (bicyclic) bond motifs is 1. The molecule has 1 atom stereocenters. The number of thiophene rings is 1. The molecule has 2 aromatic rings. The highest BCUT2D eigenvalue weighted by Gasteiger charge is 2.21. The summed E-state index contributed by atoms with van der Waals surface area (Å²) in [5.74, 6) is 0.551. The van der Waals surface area contributed by atoms with Crippen LogP contribution in [0.3, 0.4) is 0 Å². The summed E-state index contributed by atoms with van der Waals surface area (Å²) in [6.45, 7) is 2.08.